The smallest absolute Gasteiger partial charge is 0.135 e. The van der Waals surface area contributed by atoms with E-state index in [1.54, 1.807) is 0 Å². The lowest BCUT2D eigenvalue weighted by Gasteiger charge is -2.07. The Kier molecular flexibility index (Phi) is 4.45. The van der Waals surface area contributed by atoms with Crippen molar-refractivity contribution in [2.24, 2.45) is 0 Å². The van der Waals surface area contributed by atoms with Crippen LogP contribution in [0.5, 0.6) is 17.2 Å². The number of hydrogen-bond donors (Lipinski definition) is 0. The predicted molar refractivity (Wildman–Crippen MR) is 71.1 cm³/mol. The fourth-order valence-corrected chi connectivity index (χ4v) is 1.49. The molecule has 1 radical (unpaired) electrons. The molecular formula is C14H12BrO2. The second kappa shape index (κ2) is 6.30. The Labute approximate surface area is 109 Å². The molecule has 0 saturated carbocycles. The SMILES string of the molecule is BrCCOc1ccc(Oc2[c]cccc2)cc1. The molecule has 87 valence electrons. The van der Waals surface area contributed by atoms with Crippen LogP contribution in [-0.2, 0) is 0 Å². The molecule has 0 heterocycles. The Morgan fingerprint density at radius 3 is 2.41 bits per heavy atom. The van der Waals surface area contributed by atoms with E-state index in [9.17, 15) is 0 Å². The van der Waals surface area contributed by atoms with E-state index in [1.807, 2.05) is 48.5 Å². The average Bonchev–Trinajstić information content (AvgIpc) is 2.39. The molecule has 0 aliphatic rings. The van der Waals surface area contributed by atoms with Gasteiger partial charge < -0.3 is 9.47 Å². The summed E-state index contributed by atoms with van der Waals surface area (Å²) in [7, 11) is 0. The van der Waals surface area contributed by atoms with Crippen molar-refractivity contribution in [2.45, 2.75) is 0 Å². The molecule has 0 atom stereocenters. The molecule has 2 rings (SSSR count). The zero-order chi connectivity index (χ0) is 11.9. The molecule has 0 fully saturated rings. The van der Waals surface area contributed by atoms with Crippen molar-refractivity contribution in [2.75, 3.05) is 11.9 Å². The summed E-state index contributed by atoms with van der Waals surface area (Å²) < 4.78 is 11.1. The minimum atomic E-state index is 0.659. The largest absolute Gasteiger partial charge is 0.493 e. The summed E-state index contributed by atoms with van der Waals surface area (Å²) in [5.41, 5.74) is 0. The van der Waals surface area contributed by atoms with Crippen molar-refractivity contribution in [3.63, 3.8) is 0 Å². The van der Waals surface area contributed by atoms with Crippen LogP contribution in [0.3, 0.4) is 0 Å². The molecule has 0 unspecified atom stereocenters. The highest BCUT2D eigenvalue weighted by atomic mass is 79.9. The maximum atomic E-state index is 5.62. The Morgan fingerprint density at radius 1 is 1.00 bits per heavy atom. The van der Waals surface area contributed by atoms with Gasteiger partial charge in [-0.25, -0.2) is 0 Å². The van der Waals surface area contributed by atoms with E-state index in [1.165, 1.54) is 0 Å². The highest BCUT2D eigenvalue weighted by Gasteiger charge is 1.97. The van der Waals surface area contributed by atoms with E-state index in [-0.39, 0.29) is 0 Å². The van der Waals surface area contributed by atoms with Crippen molar-refractivity contribution >= 4 is 15.9 Å². The van der Waals surface area contributed by atoms with E-state index in [2.05, 4.69) is 22.0 Å². The molecule has 0 spiro atoms. The van der Waals surface area contributed by atoms with Crippen LogP contribution in [0.1, 0.15) is 0 Å². The second-order valence-corrected chi connectivity index (χ2v) is 4.13. The van der Waals surface area contributed by atoms with Gasteiger partial charge in [-0.15, -0.1) is 0 Å². The fraction of sp³-hybridized carbons (Fsp3) is 0.143. The monoisotopic (exact) mass is 291 g/mol. The third-order valence-electron chi connectivity index (χ3n) is 2.08. The Morgan fingerprint density at radius 2 is 1.76 bits per heavy atom. The average molecular weight is 292 g/mol. The number of benzene rings is 2. The van der Waals surface area contributed by atoms with Crippen LogP contribution in [-0.4, -0.2) is 11.9 Å². The molecule has 0 amide bonds. The fourth-order valence-electron chi connectivity index (χ4n) is 1.33. The molecule has 0 bridgehead atoms. The van der Waals surface area contributed by atoms with E-state index >= 15 is 0 Å². The minimum absolute atomic E-state index is 0.659. The first-order valence-corrected chi connectivity index (χ1v) is 6.44. The molecule has 2 aromatic rings. The van der Waals surface area contributed by atoms with Crippen LogP contribution in [0.2, 0.25) is 0 Å². The zero-order valence-corrected chi connectivity index (χ0v) is 10.8. The van der Waals surface area contributed by atoms with Gasteiger partial charge in [-0.2, -0.15) is 0 Å². The molecule has 0 aliphatic carbocycles. The molecule has 0 aromatic heterocycles. The quantitative estimate of drug-likeness (QED) is 0.774. The van der Waals surface area contributed by atoms with E-state index < -0.39 is 0 Å². The lowest BCUT2D eigenvalue weighted by molar-refractivity contribution is 0.344. The third-order valence-corrected chi connectivity index (χ3v) is 2.40. The third kappa shape index (κ3) is 3.79. The van der Waals surface area contributed by atoms with Gasteiger partial charge in [0.1, 0.15) is 17.2 Å². The van der Waals surface area contributed by atoms with Crippen molar-refractivity contribution in [1.82, 2.24) is 0 Å². The molecule has 17 heavy (non-hydrogen) atoms. The summed E-state index contributed by atoms with van der Waals surface area (Å²) >= 11 is 3.31. The van der Waals surface area contributed by atoms with Gasteiger partial charge in [-0.05, 0) is 30.3 Å². The van der Waals surface area contributed by atoms with Gasteiger partial charge >= 0.3 is 0 Å². The van der Waals surface area contributed by atoms with Crippen LogP contribution in [0.4, 0.5) is 0 Å². The number of hydrogen-bond acceptors (Lipinski definition) is 2. The molecular weight excluding hydrogens is 280 g/mol. The highest BCUT2D eigenvalue weighted by molar-refractivity contribution is 9.09. The number of para-hydroxylation sites is 1. The maximum absolute atomic E-state index is 5.62. The summed E-state index contributed by atoms with van der Waals surface area (Å²) in [4.78, 5) is 0. The van der Waals surface area contributed by atoms with Crippen LogP contribution in [0, 0.1) is 6.07 Å². The topological polar surface area (TPSA) is 18.5 Å². The Balaban J connectivity index is 1.98. The van der Waals surface area contributed by atoms with Crippen molar-refractivity contribution in [1.29, 1.82) is 0 Å². The minimum Gasteiger partial charge on any atom is -0.493 e. The van der Waals surface area contributed by atoms with Crippen LogP contribution < -0.4 is 9.47 Å². The van der Waals surface area contributed by atoms with Crippen LogP contribution in [0.15, 0.2) is 48.5 Å². The molecule has 3 heteroatoms. The van der Waals surface area contributed by atoms with Gasteiger partial charge in [0, 0.05) is 11.4 Å². The highest BCUT2D eigenvalue weighted by Crippen LogP contribution is 2.23. The standard InChI is InChI=1S/C14H12BrO2/c15-10-11-16-12-6-8-14(9-7-12)17-13-4-2-1-3-5-13/h1-4,6-9H,10-11H2. The Hall–Kier alpha value is -1.48. The summed E-state index contributed by atoms with van der Waals surface area (Å²) in [6.07, 6.45) is 0. The van der Waals surface area contributed by atoms with Gasteiger partial charge in [0.05, 0.1) is 6.61 Å². The maximum Gasteiger partial charge on any atom is 0.135 e. The van der Waals surface area contributed by atoms with E-state index in [0.717, 1.165) is 16.8 Å². The number of ether oxygens (including phenoxy) is 2. The first-order valence-electron chi connectivity index (χ1n) is 5.32. The Bertz CT molecular complexity index is 440. The number of alkyl halides is 1. The predicted octanol–water partition coefficient (Wildman–Crippen LogP) is 4.05. The second-order valence-electron chi connectivity index (χ2n) is 3.34. The van der Waals surface area contributed by atoms with Crippen molar-refractivity contribution < 1.29 is 9.47 Å². The summed E-state index contributed by atoms with van der Waals surface area (Å²) in [6, 6.07) is 18.1. The molecule has 0 N–H and O–H groups in total. The lowest BCUT2D eigenvalue weighted by Crippen LogP contribution is -1.97. The lowest BCUT2D eigenvalue weighted by atomic mass is 10.3. The zero-order valence-electron chi connectivity index (χ0n) is 9.23. The number of halogens is 1. The van der Waals surface area contributed by atoms with Gasteiger partial charge in [-0.1, -0.05) is 34.1 Å². The molecule has 2 aromatic carbocycles. The van der Waals surface area contributed by atoms with Crippen molar-refractivity contribution in [3.05, 3.63) is 54.6 Å². The molecule has 0 aliphatic heterocycles. The van der Waals surface area contributed by atoms with Crippen LogP contribution in [0.25, 0.3) is 0 Å². The molecule has 2 nitrogen and oxygen atoms in total. The van der Waals surface area contributed by atoms with E-state index in [0.29, 0.717) is 12.4 Å². The van der Waals surface area contributed by atoms with Gasteiger partial charge in [0.2, 0.25) is 0 Å². The first-order chi connectivity index (χ1) is 8.38. The summed E-state index contributed by atoms with van der Waals surface area (Å²) in [5.74, 6) is 2.33. The summed E-state index contributed by atoms with van der Waals surface area (Å²) in [6.45, 7) is 0.659. The van der Waals surface area contributed by atoms with Crippen molar-refractivity contribution in [3.8, 4) is 17.2 Å². The summed E-state index contributed by atoms with van der Waals surface area (Å²) in [5, 5.41) is 0.824. The van der Waals surface area contributed by atoms with E-state index in [4.69, 9.17) is 9.47 Å². The first kappa shape index (κ1) is 12.0. The van der Waals surface area contributed by atoms with Gasteiger partial charge in [0.15, 0.2) is 0 Å². The van der Waals surface area contributed by atoms with Gasteiger partial charge in [-0.3, -0.25) is 0 Å². The normalized spacial score (nSPS) is 9.94. The van der Waals surface area contributed by atoms with Gasteiger partial charge in [0.25, 0.3) is 0 Å². The number of rotatable bonds is 5. The molecule has 0 saturated heterocycles. The van der Waals surface area contributed by atoms with Crippen LogP contribution >= 0.6 is 15.9 Å².